The summed E-state index contributed by atoms with van der Waals surface area (Å²) in [7, 11) is 0. The van der Waals surface area contributed by atoms with Crippen LogP contribution in [0.4, 0.5) is 0 Å². The minimum atomic E-state index is -0.908. The Hall–Kier alpha value is -1.84. The van der Waals surface area contributed by atoms with Gasteiger partial charge < -0.3 is 10.4 Å². The normalized spacial score (nSPS) is 24.9. The van der Waals surface area contributed by atoms with Crippen molar-refractivity contribution < 1.29 is 14.7 Å². The SMILES string of the molecule is CC(C)c1ccc(C2CC2C(=O)NC(C(=O)O)C2CC2)cc1. The summed E-state index contributed by atoms with van der Waals surface area (Å²) in [6.07, 6.45) is 2.63. The van der Waals surface area contributed by atoms with Crippen molar-refractivity contribution in [1.29, 1.82) is 0 Å². The van der Waals surface area contributed by atoms with Crippen molar-refractivity contribution in [3.8, 4) is 0 Å². The molecule has 22 heavy (non-hydrogen) atoms. The molecule has 0 radical (unpaired) electrons. The highest BCUT2D eigenvalue weighted by Crippen LogP contribution is 2.48. The number of carboxylic acids is 1. The van der Waals surface area contributed by atoms with Gasteiger partial charge in [0.25, 0.3) is 0 Å². The molecule has 4 nitrogen and oxygen atoms in total. The second-order valence-electron chi connectivity index (χ2n) is 6.93. The van der Waals surface area contributed by atoms with E-state index in [0.29, 0.717) is 5.92 Å². The molecule has 2 fully saturated rings. The molecule has 2 N–H and O–H groups in total. The number of hydrogen-bond donors (Lipinski definition) is 2. The van der Waals surface area contributed by atoms with E-state index in [9.17, 15) is 14.7 Å². The zero-order chi connectivity index (χ0) is 15.9. The van der Waals surface area contributed by atoms with Gasteiger partial charge in [-0.1, -0.05) is 38.1 Å². The van der Waals surface area contributed by atoms with Gasteiger partial charge in [-0.15, -0.1) is 0 Å². The number of rotatable bonds is 6. The lowest BCUT2D eigenvalue weighted by atomic mass is 10.00. The lowest BCUT2D eigenvalue weighted by Crippen LogP contribution is -2.43. The van der Waals surface area contributed by atoms with Crippen molar-refractivity contribution in [2.75, 3.05) is 0 Å². The van der Waals surface area contributed by atoms with E-state index in [4.69, 9.17) is 0 Å². The second kappa shape index (κ2) is 5.75. The van der Waals surface area contributed by atoms with Gasteiger partial charge in [0.15, 0.2) is 0 Å². The topological polar surface area (TPSA) is 66.4 Å². The number of nitrogens with one attached hydrogen (secondary N) is 1. The van der Waals surface area contributed by atoms with Crippen molar-refractivity contribution in [1.82, 2.24) is 5.32 Å². The molecule has 0 bridgehead atoms. The minimum Gasteiger partial charge on any atom is -0.480 e. The molecule has 1 aromatic rings. The number of carbonyl (C=O) groups is 2. The van der Waals surface area contributed by atoms with E-state index in [-0.39, 0.29) is 23.7 Å². The Morgan fingerprint density at radius 2 is 1.82 bits per heavy atom. The smallest absolute Gasteiger partial charge is 0.326 e. The number of benzene rings is 1. The number of carbonyl (C=O) groups excluding carboxylic acids is 1. The van der Waals surface area contributed by atoms with Crippen LogP contribution in [0.25, 0.3) is 0 Å². The van der Waals surface area contributed by atoms with E-state index in [0.717, 1.165) is 19.3 Å². The molecule has 0 spiro atoms. The van der Waals surface area contributed by atoms with E-state index in [2.05, 4.69) is 43.4 Å². The van der Waals surface area contributed by atoms with Crippen molar-refractivity contribution in [3.63, 3.8) is 0 Å². The average molecular weight is 301 g/mol. The van der Waals surface area contributed by atoms with Crippen LogP contribution in [0.5, 0.6) is 0 Å². The van der Waals surface area contributed by atoms with Crippen molar-refractivity contribution in [2.24, 2.45) is 11.8 Å². The Bertz CT molecular complexity index is 574. The summed E-state index contributed by atoms with van der Waals surface area (Å²) >= 11 is 0. The van der Waals surface area contributed by atoms with Crippen LogP contribution in [0, 0.1) is 11.8 Å². The molecule has 3 atom stereocenters. The summed E-state index contributed by atoms with van der Waals surface area (Å²) in [6.45, 7) is 4.32. The summed E-state index contributed by atoms with van der Waals surface area (Å²) in [5.41, 5.74) is 2.48. The Balaban J connectivity index is 1.59. The number of carboxylic acid groups (broad SMARTS) is 1. The molecule has 0 aromatic heterocycles. The van der Waals surface area contributed by atoms with E-state index in [1.807, 2.05) is 0 Å². The molecule has 3 unspecified atom stereocenters. The molecular weight excluding hydrogens is 278 g/mol. The largest absolute Gasteiger partial charge is 0.480 e. The molecule has 0 heterocycles. The Kier molecular flexibility index (Phi) is 3.94. The lowest BCUT2D eigenvalue weighted by molar-refractivity contribution is -0.142. The first-order valence-electron chi connectivity index (χ1n) is 8.10. The number of hydrogen-bond acceptors (Lipinski definition) is 2. The van der Waals surface area contributed by atoms with Crippen molar-refractivity contribution in [3.05, 3.63) is 35.4 Å². The monoisotopic (exact) mass is 301 g/mol. The summed E-state index contributed by atoms with van der Waals surface area (Å²) in [5, 5.41) is 11.9. The molecular formula is C18H23NO3. The number of amides is 1. The Labute approximate surface area is 130 Å². The van der Waals surface area contributed by atoms with Gasteiger partial charge in [0.2, 0.25) is 5.91 Å². The highest BCUT2D eigenvalue weighted by Gasteiger charge is 2.46. The molecule has 1 amide bonds. The first kappa shape index (κ1) is 15.1. The van der Waals surface area contributed by atoms with Crippen LogP contribution in [0.2, 0.25) is 0 Å². The fraction of sp³-hybridized carbons (Fsp3) is 0.556. The van der Waals surface area contributed by atoms with Crippen LogP contribution in [0.15, 0.2) is 24.3 Å². The first-order chi connectivity index (χ1) is 10.5. The molecule has 2 aliphatic rings. The van der Waals surface area contributed by atoms with Crippen LogP contribution in [-0.4, -0.2) is 23.0 Å². The van der Waals surface area contributed by atoms with E-state index in [1.165, 1.54) is 11.1 Å². The van der Waals surface area contributed by atoms with Gasteiger partial charge >= 0.3 is 5.97 Å². The maximum Gasteiger partial charge on any atom is 0.326 e. The van der Waals surface area contributed by atoms with Gasteiger partial charge in [0.1, 0.15) is 6.04 Å². The highest BCUT2D eigenvalue weighted by molar-refractivity contribution is 5.87. The van der Waals surface area contributed by atoms with Gasteiger partial charge in [-0.25, -0.2) is 4.79 Å². The Morgan fingerprint density at radius 1 is 1.18 bits per heavy atom. The van der Waals surface area contributed by atoms with Gasteiger partial charge in [-0.3, -0.25) is 4.79 Å². The van der Waals surface area contributed by atoms with Crippen LogP contribution in [0.3, 0.4) is 0 Å². The zero-order valence-corrected chi connectivity index (χ0v) is 13.1. The van der Waals surface area contributed by atoms with E-state index >= 15 is 0 Å². The molecule has 0 saturated heterocycles. The van der Waals surface area contributed by atoms with Gasteiger partial charge in [0, 0.05) is 5.92 Å². The summed E-state index contributed by atoms with van der Waals surface area (Å²) in [4.78, 5) is 23.4. The second-order valence-corrected chi connectivity index (χ2v) is 6.93. The maximum absolute atomic E-state index is 12.2. The van der Waals surface area contributed by atoms with Crippen LogP contribution in [-0.2, 0) is 9.59 Å². The lowest BCUT2D eigenvalue weighted by Gasteiger charge is -2.13. The first-order valence-corrected chi connectivity index (χ1v) is 8.10. The molecule has 3 rings (SSSR count). The van der Waals surface area contributed by atoms with Crippen LogP contribution in [0.1, 0.15) is 56.1 Å². The third-order valence-corrected chi connectivity index (χ3v) is 4.82. The summed E-state index contributed by atoms with van der Waals surface area (Å²) in [5.74, 6) is -0.196. The summed E-state index contributed by atoms with van der Waals surface area (Å²) < 4.78 is 0. The predicted molar refractivity (Wildman–Crippen MR) is 83.7 cm³/mol. The molecule has 2 saturated carbocycles. The standard InChI is InChI=1S/C18H23NO3/c1-10(2)11-3-5-12(6-4-11)14-9-15(14)17(20)19-16(18(21)22)13-7-8-13/h3-6,10,13-16H,7-9H2,1-2H3,(H,19,20)(H,21,22). The van der Waals surface area contributed by atoms with Crippen molar-refractivity contribution >= 4 is 11.9 Å². The Morgan fingerprint density at radius 3 is 2.32 bits per heavy atom. The molecule has 4 heteroatoms. The van der Waals surface area contributed by atoms with Crippen LogP contribution < -0.4 is 5.32 Å². The quantitative estimate of drug-likeness (QED) is 0.849. The fourth-order valence-electron chi connectivity index (χ4n) is 3.05. The van der Waals surface area contributed by atoms with E-state index < -0.39 is 12.0 Å². The molecule has 0 aliphatic heterocycles. The third-order valence-electron chi connectivity index (χ3n) is 4.82. The van der Waals surface area contributed by atoms with Gasteiger partial charge in [-0.05, 0) is 48.1 Å². The zero-order valence-electron chi connectivity index (χ0n) is 13.1. The molecule has 1 aromatic carbocycles. The fourth-order valence-corrected chi connectivity index (χ4v) is 3.05. The maximum atomic E-state index is 12.2. The predicted octanol–water partition coefficient (Wildman–Crippen LogP) is 2.89. The van der Waals surface area contributed by atoms with Crippen LogP contribution >= 0.6 is 0 Å². The molecule has 2 aliphatic carbocycles. The average Bonchev–Trinajstić information content (AvgIpc) is 3.37. The van der Waals surface area contributed by atoms with Gasteiger partial charge in [-0.2, -0.15) is 0 Å². The van der Waals surface area contributed by atoms with E-state index in [1.54, 1.807) is 0 Å². The third kappa shape index (κ3) is 3.16. The van der Waals surface area contributed by atoms with Crippen molar-refractivity contribution in [2.45, 2.75) is 51.0 Å². The highest BCUT2D eigenvalue weighted by atomic mass is 16.4. The summed E-state index contributed by atoms with van der Waals surface area (Å²) in [6, 6.07) is 7.75. The minimum absolute atomic E-state index is 0.0644. The molecule has 118 valence electrons. The number of aliphatic carboxylic acids is 1. The van der Waals surface area contributed by atoms with Gasteiger partial charge in [0.05, 0.1) is 0 Å².